The van der Waals surface area contributed by atoms with E-state index in [-0.39, 0.29) is 17.5 Å². The highest BCUT2D eigenvalue weighted by Crippen LogP contribution is 2.39. The molecule has 1 atom stereocenters. The highest BCUT2D eigenvalue weighted by molar-refractivity contribution is 8.14. The lowest BCUT2D eigenvalue weighted by Gasteiger charge is -2.37. The van der Waals surface area contributed by atoms with E-state index in [4.69, 9.17) is 0 Å². The summed E-state index contributed by atoms with van der Waals surface area (Å²) in [7, 11) is 0. The molecule has 1 aliphatic heterocycles. The van der Waals surface area contributed by atoms with E-state index in [1.54, 1.807) is 12.1 Å². The van der Waals surface area contributed by atoms with Crippen LogP contribution in [0, 0.1) is 11.7 Å². The van der Waals surface area contributed by atoms with Gasteiger partial charge in [0, 0.05) is 36.2 Å². The monoisotopic (exact) mass is 391 g/mol. The molecule has 2 aliphatic rings. The van der Waals surface area contributed by atoms with Gasteiger partial charge in [0.2, 0.25) is 0 Å². The Labute approximate surface area is 166 Å². The Morgan fingerprint density at radius 1 is 1.15 bits per heavy atom. The first-order valence-corrected chi connectivity index (χ1v) is 11.2. The molecule has 1 aromatic carbocycles. The Morgan fingerprint density at radius 3 is 2.48 bits per heavy atom. The van der Waals surface area contributed by atoms with Gasteiger partial charge in [-0.05, 0) is 38.2 Å². The zero-order chi connectivity index (χ0) is 19.2. The molecule has 148 valence electrons. The number of hydrogen-bond acceptors (Lipinski definition) is 4. The van der Waals surface area contributed by atoms with Crippen LogP contribution < -0.4 is 0 Å². The molecule has 1 aromatic rings. The van der Waals surface area contributed by atoms with Gasteiger partial charge in [-0.3, -0.25) is 14.5 Å². The normalized spacial score (nSPS) is 19.8. The van der Waals surface area contributed by atoms with Gasteiger partial charge in [0.1, 0.15) is 5.82 Å². The summed E-state index contributed by atoms with van der Waals surface area (Å²) < 4.78 is 14.4. The summed E-state index contributed by atoms with van der Waals surface area (Å²) in [5, 5.41) is 0.620. The van der Waals surface area contributed by atoms with Crippen molar-refractivity contribution >= 4 is 22.7 Å². The zero-order valence-electron chi connectivity index (χ0n) is 16.2. The Hall–Kier alpha value is -1.20. The molecule has 1 unspecified atom stereocenters. The van der Waals surface area contributed by atoms with Gasteiger partial charge in [-0.15, -0.1) is 0 Å². The quantitative estimate of drug-likeness (QED) is 0.546. The van der Waals surface area contributed by atoms with Crippen molar-refractivity contribution < 1.29 is 14.0 Å². The Bertz CT molecular complexity index is 653. The van der Waals surface area contributed by atoms with Gasteiger partial charge in [0.25, 0.3) is 0 Å². The Balaban J connectivity index is 1.59. The first-order valence-electron chi connectivity index (χ1n) is 10.3. The zero-order valence-corrected chi connectivity index (χ0v) is 17.0. The Kier molecular flexibility index (Phi) is 7.48. The van der Waals surface area contributed by atoms with Crippen LogP contribution >= 0.6 is 11.8 Å². The van der Waals surface area contributed by atoms with Crippen molar-refractivity contribution in [1.82, 2.24) is 4.90 Å². The Morgan fingerprint density at radius 2 is 1.85 bits per heavy atom. The fourth-order valence-corrected chi connectivity index (χ4v) is 4.91. The maximum absolute atomic E-state index is 14.4. The van der Waals surface area contributed by atoms with Crippen LogP contribution in [0.3, 0.4) is 0 Å². The number of ketones is 1. The van der Waals surface area contributed by atoms with Gasteiger partial charge in [0.15, 0.2) is 10.9 Å². The van der Waals surface area contributed by atoms with Gasteiger partial charge in [-0.25, -0.2) is 4.39 Å². The molecule has 0 radical (unpaired) electrons. The molecule has 1 heterocycles. The summed E-state index contributed by atoms with van der Waals surface area (Å²) >= 11 is 1.49. The number of carbonyl (C=O) groups is 2. The minimum Gasteiger partial charge on any atom is -0.297 e. The third kappa shape index (κ3) is 5.64. The summed E-state index contributed by atoms with van der Waals surface area (Å²) in [5.74, 6) is -0.0252. The lowest BCUT2D eigenvalue weighted by Crippen LogP contribution is -2.42. The number of piperidine rings is 1. The maximum Gasteiger partial charge on any atom is 0.189 e. The van der Waals surface area contributed by atoms with Crippen molar-refractivity contribution in [3.63, 3.8) is 0 Å². The van der Waals surface area contributed by atoms with Crippen LogP contribution in [0.25, 0.3) is 0 Å². The van der Waals surface area contributed by atoms with Crippen molar-refractivity contribution in [3.05, 3.63) is 35.6 Å². The molecule has 27 heavy (non-hydrogen) atoms. The predicted molar refractivity (Wildman–Crippen MR) is 108 cm³/mol. The minimum absolute atomic E-state index is 0.0989. The number of carbonyl (C=O) groups excluding carboxylic acids is 2. The molecule has 1 aliphatic carbocycles. The molecule has 0 bridgehead atoms. The van der Waals surface area contributed by atoms with Crippen LogP contribution in [0.1, 0.15) is 69.9 Å². The van der Waals surface area contributed by atoms with Crippen molar-refractivity contribution in [2.24, 2.45) is 5.92 Å². The molecule has 0 N–H and O–H groups in total. The fraction of sp³-hybridized carbons (Fsp3) is 0.636. The largest absolute Gasteiger partial charge is 0.297 e. The highest BCUT2D eigenvalue weighted by Gasteiger charge is 2.40. The second-order valence-corrected chi connectivity index (χ2v) is 9.14. The van der Waals surface area contributed by atoms with E-state index in [1.165, 1.54) is 17.8 Å². The van der Waals surface area contributed by atoms with Crippen LogP contribution in [-0.4, -0.2) is 34.1 Å². The molecule has 3 rings (SSSR count). The number of halogens is 1. The number of hydrogen-bond donors (Lipinski definition) is 0. The first kappa shape index (κ1) is 20.5. The summed E-state index contributed by atoms with van der Waals surface area (Å²) in [5.41, 5.74) is 0.510. The SMILES string of the molecule is CCCCCC(=O)SC1CCN(C(C(=O)C2CC2)c2ccccc2F)CC1. The van der Waals surface area contributed by atoms with Crippen molar-refractivity contribution in [1.29, 1.82) is 0 Å². The van der Waals surface area contributed by atoms with E-state index >= 15 is 0 Å². The molecule has 0 spiro atoms. The van der Waals surface area contributed by atoms with E-state index in [0.717, 1.165) is 58.0 Å². The van der Waals surface area contributed by atoms with Crippen LogP contribution in [-0.2, 0) is 9.59 Å². The molecule has 5 heteroatoms. The molecule has 1 saturated heterocycles. The topological polar surface area (TPSA) is 37.4 Å². The first-order chi connectivity index (χ1) is 13.1. The molecule has 3 nitrogen and oxygen atoms in total. The smallest absolute Gasteiger partial charge is 0.189 e. The summed E-state index contributed by atoms with van der Waals surface area (Å²) in [4.78, 5) is 27.2. The molecule has 2 fully saturated rings. The molecular weight excluding hydrogens is 361 g/mol. The average molecular weight is 392 g/mol. The average Bonchev–Trinajstić information content (AvgIpc) is 3.50. The number of thioether (sulfide) groups is 1. The van der Waals surface area contributed by atoms with Crippen LogP contribution in [0.4, 0.5) is 4.39 Å². The number of nitrogens with zero attached hydrogens (tertiary/aromatic N) is 1. The maximum atomic E-state index is 14.4. The van der Waals surface area contributed by atoms with Gasteiger partial charge < -0.3 is 0 Å². The lowest BCUT2D eigenvalue weighted by atomic mass is 9.95. The second kappa shape index (κ2) is 9.83. The summed E-state index contributed by atoms with van der Waals surface area (Å²) in [6, 6.07) is 6.21. The molecule has 0 aromatic heterocycles. The number of likely N-dealkylation sites (tertiary alicyclic amines) is 1. The van der Waals surface area contributed by atoms with Crippen molar-refractivity contribution in [3.8, 4) is 0 Å². The van der Waals surface area contributed by atoms with E-state index in [0.29, 0.717) is 22.3 Å². The van der Waals surface area contributed by atoms with Crippen LogP contribution in [0.15, 0.2) is 24.3 Å². The summed E-state index contributed by atoms with van der Waals surface area (Å²) in [6.07, 6.45) is 7.51. The second-order valence-electron chi connectivity index (χ2n) is 7.78. The van der Waals surface area contributed by atoms with Gasteiger partial charge in [-0.1, -0.05) is 49.7 Å². The molecule has 0 amide bonds. The summed E-state index contributed by atoms with van der Waals surface area (Å²) in [6.45, 7) is 3.64. The number of rotatable bonds is 9. The van der Waals surface area contributed by atoms with Crippen LogP contribution in [0.2, 0.25) is 0 Å². The van der Waals surface area contributed by atoms with Gasteiger partial charge >= 0.3 is 0 Å². The van der Waals surface area contributed by atoms with Gasteiger partial charge in [0.05, 0.1) is 6.04 Å². The number of unbranched alkanes of at least 4 members (excludes halogenated alkanes) is 2. The predicted octanol–water partition coefficient (Wildman–Crippen LogP) is 5.15. The van der Waals surface area contributed by atoms with Crippen molar-refractivity contribution in [2.45, 2.75) is 69.6 Å². The third-order valence-corrected chi connectivity index (χ3v) is 6.85. The standard InChI is InChI=1S/C22H30FNO2S/c1-2-3-4-9-20(25)27-17-12-14-24(15-13-17)21(22(26)16-10-11-16)18-7-5-6-8-19(18)23/h5-8,16-17,21H,2-4,9-15H2,1H3. The number of Topliss-reactive ketones (excluding diaryl/α,β-unsaturated/α-hetero) is 1. The van der Waals surface area contributed by atoms with E-state index < -0.39 is 6.04 Å². The molecular formula is C22H30FNO2S. The van der Waals surface area contributed by atoms with Gasteiger partial charge in [-0.2, -0.15) is 0 Å². The highest BCUT2D eigenvalue weighted by atomic mass is 32.2. The third-order valence-electron chi connectivity index (χ3n) is 5.57. The number of benzene rings is 1. The van der Waals surface area contributed by atoms with E-state index in [2.05, 4.69) is 11.8 Å². The van der Waals surface area contributed by atoms with E-state index in [9.17, 15) is 14.0 Å². The van der Waals surface area contributed by atoms with Crippen molar-refractivity contribution in [2.75, 3.05) is 13.1 Å². The van der Waals surface area contributed by atoms with Crippen LogP contribution in [0.5, 0.6) is 0 Å². The lowest BCUT2D eigenvalue weighted by molar-refractivity contribution is -0.126. The van der Waals surface area contributed by atoms with E-state index in [1.807, 2.05) is 6.07 Å². The minimum atomic E-state index is -0.468. The fourth-order valence-electron chi connectivity index (χ4n) is 3.83. The molecule has 1 saturated carbocycles.